The fraction of sp³-hybridized carbons (Fsp3) is 0.0588. The van der Waals surface area contributed by atoms with E-state index in [1.807, 2.05) is 43.3 Å². The number of aromatic nitrogens is 1. The summed E-state index contributed by atoms with van der Waals surface area (Å²) >= 11 is 0. The van der Waals surface area contributed by atoms with Crippen LogP contribution in [0, 0.1) is 6.92 Å². The third-order valence-electron chi connectivity index (χ3n) is 8.74. The maximum Gasteiger partial charge on any atom is 0.197 e. The number of nitrogens with zero attached hydrogens (tertiary/aromatic N) is 1. The van der Waals surface area contributed by atoms with Crippen LogP contribution in [0.3, 0.4) is 0 Å². The molecule has 0 amide bonds. The van der Waals surface area contributed by atoms with Crippen molar-refractivity contribution in [3.05, 3.63) is 145 Å². The van der Waals surface area contributed by atoms with Crippen molar-refractivity contribution in [2.75, 3.05) is 0 Å². The minimum absolute atomic E-state index is 0.0154. The Morgan fingerprint density at radius 3 is 1.49 bits per heavy atom. The molecule has 5 aromatic carbocycles. The monoisotopic (exact) mass is 473 g/mol. The smallest absolute Gasteiger partial charge is 0.197 e. The van der Waals surface area contributed by atoms with Gasteiger partial charge in [0.15, 0.2) is 10.9 Å². The summed E-state index contributed by atoms with van der Waals surface area (Å²) < 4.78 is 2.22. The average molecular weight is 474 g/mol. The van der Waals surface area contributed by atoms with Crippen LogP contribution in [-0.2, 0) is 5.41 Å². The summed E-state index contributed by atoms with van der Waals surface area (Å²) in [5.74, 6) is 0. The molecule has 3 heteroatoms. The van der Waals surface area contributed by atoms with Gasteiger partial charge in [0.2, 0.25) is 0 Å². The highest BCUT2D eigenvalue weighted by Crippen LogP contribution is 2.59. The van der Waals surface area contributed by atoms with Crippen LogP contribution in [0.25, 0.3) is 49.2 Å². The lowest BCUT2D eigenvalue weighted by atomic mass is 9.65. The van der Waals surface area contributed by atoms with Crippen molar-refractivity contribution in [2.45, 2.75) is 12.3 Å². The highest BCUT2D eigenvalue weighted by atomic mass is 16.1. The Balaban J connectivity index is 1.70. The second kappa shape index (κ2) is 6.13. The molecule has 0 atom stereocenters. The van der Waals surface area contributed by atoms with Gasteiger partial charge in [-0.15, -0.1) is 0 Å². The summed E-state index contributed by atoms with van der Waals surface area (Å²) in [6.45, 7) is 1.95. The second-order valence-corrected chi connectivity index (χ2v) is 10.4. The van der Waals surface area contributed by atoms with Crippen LogP contribution in [0.4, 0.5) is 0 Å². The van der Waals surface area contributed by atoms with E-state index in [-0.39, 0.29) is 10.9 Å². The lowest BCUT2D eigenvalue weighted by molar-refractivity contribution is 0.767. The first kappa shape index (κ1) is 19.4. The van der Waals surface area contributed by atoms with Crippen molar-refractivity contribution in [1.29, 1.82) is 0 Å². The molecule has 7 aromatic rings. The minimum Gasteiger partial charge on any atom is -0.307 e. The van der Waals surface area contributed by atoms with Gasteiger partial charge in [-0.3, -0.25) is 9.59 Å². The topological polar surface area (TPSA) is 38.5 Å². The molecule has 0 unspecified atom stereocenters. The first-order chi connectivity index (χ1) is 18.1. The summed E-state index contributed by atoms with van der Waals surface area (Å²) in [4.78, 5) is 28.1. The number of rotatable bonds is 0. The van der Waals surface area contributed by atoms with Gasteiger partial charge in [-0.25, -0.2) is 0 Å². The van der Waals surface area contributed by atoms with Crippen molar-refractivity contribution in [1.82, 2.24) is 4.40 Å². The fourth-order valence-electron chi connectivity index (χ4n) is 7.49. The number of pyridine rings is 2. The molecule has 37 heavy (non-hydrogen) atoms. The van der Waals surface area contributed by atoms with Gasteiger partial charge in [0.05, 0.1) is 22.0 Å². The van der Waals surface area contributed by atoms with E-state index in [4.69, 9.17) is 0 Å². The zero-order valence-electron chi connectivity index (χ0n) is 20.0. The standard InChI is InChI=1S/C34H19NO2/c1-18-16-23-29-24(17-18)33(37)22-11-7-15-28-31(22)35(29)30-21(32(23)36)10-6-14-27(30)34(28)25-12-4-2-8-19(25)20-9-3-5-13-26(20)34/h2-17H,1H3. The Morgan fingerprint density at radius 2 is 0.973 bits per heavy atom. The Labute approximate surface area is 211 Å². The van der Waals surface area contributed by atoms with Gasteiger partial charge in [0.1, 0.15) is 0 Å². The molecular formula is C34H19NO2. The number of hydrogen-bond acceptors (Lipinski definition) is 2. The second-order valence-electron chi connectivity index (χ2n) is 10.4. The molecule has 0 fully saturated rings. The average Bonchev–Trinajstić information content (AvgIpc) is 3.22. The van der Waals surface area contributed by atoms with Crippen LogP contribution in [-0.4, -0.2) is 4.40 Å². The molecule has 3 heterocycles. The van der Waals surface area contributed by atoms with E-state index in [9.17, 15) is 9.59 Å². The lowest BCUT2D eigenvalue weighted by Crippen LogP contribution is -2.34. The molecule has 2 aliphatic rings. The number of benzene rings is 5. The molecule has 0 saturated heterocycles. The van der Waals surface area contributed by atoms with Crippen molar-refractivity contribution >= 4 is 38.1 Å². The van der Waals surface area contributed by atoms with Crippen molar-refractivity contribution in [2.24, 2.45) is 0 Å². The number of fused-ring (bicyclic) bond motifs is 7. The molecule has 1 aliphatic heterocycles. The van der Waals surface area contributed by atoms with Crippen LogP contribution in [0.2, 0.25) is 0 Å². The van der Waals surface area contributed by atoms with Gasteiger partial charge in [0, 0.05) is 21.5 Å². The molecule has 0 N–H and O–H groups in total. The zero-order chi connectivity index (χ0) is 24.6. The van der Waals surface area contributed by atoms with Gasteiger partial charge >= 0.3 is 0 Å². The summed E-state index contributed by atoms with van der Waals surface area (Å²) in [5.41, 5.74) is 9.77. The van der Waals surface area contributed by atoms with E-state index in [1.54, 1.807) is 0 Å². The molecule has 2 aromatic heterocycles. The van der Waals surface area contributed by atoms with Crippen LogP contribution in [0.1, 0.15) is 27.8 Å². The predicted octanol–water partition coefficient (Wildman–Crippen LogP) is 6.54. The number of para-hydroxylation sites is 2. The van der Waals surface area contributed by atoms with Gasteiger partial charge < -0.3 is 4.40 Å². The van der Waals surface area contributed by atoms with Crippen molar-refractivity contribution in [3.63, 3.8) is 0 Å². The Kier molecular flexibility index (Phi) is 3.22. The molecule has 1 spiro atoms. The third kappa shape index (κ3) is 1.94. The molecule has 172 valence electrons. The first-order valence-electron chi connectivity index (χ1n) is 12.6. The van der Waals surface area contributed by atoms with E-state index in [0.29, 0.717) is 21.5 Å². The molecule has 0 bridgehead atoms. The summed E-state index contributed by atoms with van der Waals surface area (Å²) in [6, 6.07) is 33.3. The zero-order valence-corrected chi connectivity index (χ0v) is 20.0. The normalized spacial score (nSPS) is 14.5. The summed E-state index contributed by atoms with van der Waals surface area (Å²) in [5, 5.41) is 2.60. The van der Waals surface area contributed by atoms with Crippen LogP contribution >= 0.6 is 0 Å². The summed E-state index contributed by atoms with van der Waals surface area (Å²) in [7, 11) is 0. The first-order valence-corrected chi connectivity index (χ1v) is 12.6. The van der Waals surface area contributed by atoms with E-state index in [2.05, 4.69) is 65.1 Å². The number of aryl methyl sites for hydroxylation is 1. The van der Waals surface area contributed by atoms with Crippen molar-refractivity contribution < 1.29 is 0 Å². The van der Waals surface area contributed by atoms with Gasteiger partial charge in [-0.2, -0.15) is 0 Å². The van der Waals surface area contributed by atoms with E-state index in [1.165, 1.54) is 22.3 Å². The van der Waals surface area contributed by atoms with Crippen molar-refractivity contribution in [3.8, 4) is 11.1 Å². The Bertz CT molecular complexity index is 2150. The van der Waals surface area contributed by atoms with Crippen LogP contribution < -0.4 is 10.9 Å². The maximum absolute atomic E-state index is 14.0. The SMILES string of the molecule is Cc1cc2c(=O)c3cccc4c3n3c5c(cccc5c(=O)c(c1)c23)C41c2ccccc2-c2ccccc21. The molecular weight excluding hydrogens is 454 g/mol. The Morgan fingerprint density at radius 1 is 0.514 bits per heavy atom. The largest absolute Gasteiger partial charge is 0.307 e. The van der Waals surface area contributed by atoms with Crippen LogP contribution in [0.15, 0.2) is 107 Å². The molecule has 9 rings (SSSR count). The predicted molar refractivity (Wildman–Crippen MR) is 149 cm³/mol. The van der Waals surface area contributed by atoms with E-state index < -0.39 is 5.41 Å². The Hall–Kier alpha value is -4.76. The highest BCUT2D eigenvalue weighted by molar-refractivity contribution is 6.12. The fourth-order valence-corrected chi connectivity index (χ4v) is 7.49. The maximum atomic E-state index is 14.0. The van der Waals surface area contributed by atoms with Gasteiger partial charge in [0.25, 0.3) is 0 Å². The minimum atomic E-state index is -0.624. The van der Waals surface area contributed by atoms with E-state index >= 15 is 0 Å². The van der Waals surface area contributed by atoms with Crippen LogP contribution in [0.5, 0.6) is 0 Å². The number of hydrogen-bond donors (Lipinski definition) is 0. The third-order valence-corrected chi connectivity index (χ3v) is 8.74. The van der Waals surface area contributed by atoms with E-state index in [0.717, 1.165) is 33.2 Å². The molecule has 1 aliphatic carbocycles. The molecule has 0 saturated carbocycles. The molecule has 0 radical (unpaired) electrons. The summed E-state index contributed by atoms with van der Waals surface area (Å²) in [6.07, 6.45) is 0. The van der Waals surface area contributed by atoms with Gasteiger partial charge in [-0.1, -0.05) is 72.8 Å². The van der Waals surface area contributed by atoms with Gasteiger partial charge in [-0.05, 0) is 70.1 Å². The lowest BCUT2D eigenvalue weighted by Gasteiger charge is -2.39. The highest BCUT2D eigenvalue weighted by Gasteiger charge is 2.50. The quantitative estimate of drug-likeness (QED) is 0.185. The molecule has 3 nitrogen and oxygen atoms in total.